The standard InChI is InChI=1S/C11H16FNO2/c1-7(3-4-13)8-5-10(14)11(15-2)6-9(8)12/h5-7,14H,3-4,13H2,1-2H3. The van der Waals surface area contributed by atoms with Crippen LogP contribution in [0.4, 0.5) is 4.39 Å². The van der Waals surface area contributed by atoms with Gasteiger partial charge in [0.25, 0.3) is 0 Å². The zero-order valence-electron chi connectivity index (χ0n) is 8.96. The van der Waals surface area contributed by atoms with Crippen LogP contribution in [0.25, 0.3) is 0 Å². The molecule has 0 radical (unpaired) electrons. The van der Waals surface area contributed by atoms with Crippen molar-refractivity contribution in [2.75, 3.05) is 13.7 Å². The molecule has 0 aliphatic heterocycles. The Hall–Kier alpha value is -1.29. The van der Waals surface area contributed by atoms with E-state index in [2.05, 4.69) is 0 Å². The fourth-order valence-corrected chi connectivity index (χ4v) is 1.51. The number of aromatic hydroxyl groups is 1. The number of hydrogen-bond acceptors (Lipinski definition) is 3. The molecule has 1 rings (SSSR count). The molecule has 1 aromatic carbocycles. The van der Waals surface area contributed by atoms with E-state index in [-0.39, 0.29) is 23.2 Å². The molecule has 84 valence electrons. The summed E-state index contributed by atoms with van der Waals surface area (Å²) in [5, 5.41) is 9.51. The second-order valence-corrected chi connectivity index (χ2v) is 3.52. The molecule has 0 saturated heterocycles. The molecular formula is C11H16FNO2. The minimum absolute atomic E-state index is 0.00759. The minimum atomic E-state index is -0.370. The molecule has 15 heavy (non-hydrogen) atoms. The van der Waals surface area contributed by atoms with Crippen molar-refractivity contribution in [2.24, 2.45) is 5.73 Å². The van der Waals surface area contributed by atoms with E-state index in [1.54, 1.807) is 0 Å². The van der Waals surface area contributed by atoms with Gasteiger partial charge in [-0.25, -0.2) is 4.39 Å². The van der Waals surface area contributed by atoms with Crippen molar-refractivity contribution in [3.63, 3.8) is 0 Å². The molecule has 1 unspecified atom stereocenters. The predicted molar refractivity (Wildman–Crippen MR) is 56.7 cm³/mol. The molecule has 3 N–H and O–H groups in total. The summed E-state index contributed by atoms with van der Waals surface area (Å²) in [6.45, 7) is 2.37. The van der Waals surface area contributed by atoms with Crippen LogP contribution >= 0.6 is 0 Å². The van der Waals surface area contributed by atoms with E-state index in [1.165, 1.54) is 19.2 Å². The molecular weight excluding hydrogens is 197 g/mol. The molecule has 0 saturated carbocycles. The van der Waals surface area contributed by atoms with Crippen LogP contribution in [0, 0.1) is 5.82 Å². The van der Waals surface area contributed by atoms with E-state index in [4.69, 9.17) is 10.5 Å². The van der Waals surface area contributed by atoms with Gasteiger partial charge in [0.05, 0.1) is 7.11 Å². The maximum Gasteiger partial charge on any atom is 0.163 e. The molecule has 0 bridgehead atoms. The lowest BCUT2D eigenvalue weighted by molar-refractivity contribution is 0.368. The van der Waals surface area contributed by atoms with E-state index < -0.39 is 0 Å². The van der Waals surface area contributed by atoms with Gasteiger partial charge in [-0.05, 0) is 30.5 Å². The van der Waals surface area contributed by atoms with Crippen LogP contribution in [0.2, 0.25) is 0 Å². The van der Waals surface area contributed by atoms with Gasteiger partial charge in [0.15, 0.2) is 11.5 Å². The topological polar surface area (TPSA) is 55.5 Å². The number of ether oxygens (including phenoxy) is 1. The Balaban J connectivity index is 3.04. The predicted octanol–water partition coefficient (Wildman–Crippen LogP) is 1.99. The van der Waals surface area contributed by atoms with Crippen molar-refractivity contribution in [1.82, 2.24) is 0 Å². The van der Waals surface area contributed by atoms with Crippen LogP contribution in [0.1, 0.15) is 24.8 Å². The summed E-state index contributed by atoms with van der Waals surface area (Å²) >= 11 is 0. The van der Waals surface area contributed by atoms with Crippen LogP contribution in [0.5, 0.6) is 11.5 Å². The van der Waals surface area contributed by atoms with Gasteiger partial charge in [-0.1, -0.05) is 6.92 Å². The fourth-order valence-electron chi connectivity index (χ4n) is 1.51. The number of methoxy groups -OCH3 is 1. The lowest BCUT2D eigenvalue weighted by Gasteiger charge is -2.13. The molecule has 1 atom stereocenters. The first kappa shape index (κ1) is 11.8. The van der Waals surface area contributed by atoms with Gasteiger partial charge in [0.2, 0.25) is 0 Å². The van der Waals surface area contributed by atoms with Crippen molar-refractivity contribution in [2.45, 2.75) is 19.3 Å². The quantitative estimate of drug-likeness (QED) is 0.804. The molecule has 0 amide bonds. The highest BCUT2D eigenvalue weighted by molar-refractivity contribution is 5.43. The second kappa shape index (κ2) is 4.98. The average molecular weight is 213 g/mol. The first-order valence-electron chi connectivity index (χ1n) is 4.86. The van der Waals surface area contributed by atoms with E-state index in [0.29, 0.717) is 18.5 Å². The van der Waals surface area contributed by atoms with Crippen molar-refractivity contribution in [3.8, 4) is 11.5 Å². The van der Waals surface area contributed by atoms with Crippen molar-refractivity contribution >= 4 is 0 Å². The monoisotopic (exact) mass is 213 g/mol. The summed E-state index contributed by atoms with van der Waals surface area (Å²) < 4.78 is 18.4. The molecule has 0 spiro atoms. The zero-order chi connectivity index (χ0) is 11.4. The van der Waals surface area contributed by atoms with Gasteiger partial charge < -0.3 is 15.6 Å². The van der Waals surface area contributed by atoms with Crippen molar-refractivity contribution in [1.29, 1.82) is 0 Å². The summed E-state index contributed by atoms with van der Waals surface area (Å²) in [6.07, 6.45) is 0.683. The summed E-state index contributed by atoms with van der Waals surface area (Å²) in [6, 6.07) is 2.59. The highest BCUT2D eigenvalue weighted by Crippen LogP contribution is 2.32. The summed E-state index contributed by atoms with van der Waals surface area (Å²) in [5.41, 5.74) is 5.87. The van der Waals surface area contributed by atoms with Crippen LogP contribution in [0.15, 0.2) is 12.1 Å². The normalized spacial score (nSPS) is 12.5. The van der Waals surface area contributed by atoms with Crippen LogP contribution in [-0.4, -0.2) is 18.8 Å². The Morgan fingerprint density at radius 3 is 2.73 bits per heavy atom. The van der Waals surface area contributed by atoms with E-state index in [0.717, 1.165) is 0 Å². The van der Waals surface area contributed by atoms with Gasteiger partial charge in [0.1, 0.15) is 5.82 Å². The third-order valence-corrected chi connectivity index (χ3v) is 2.43. The number of hydrogen-bond donors (Lipinski definition) is 2. The van der Waals surface area contributed by atoms with Crippen molar-refractivity contribution in [3.05, 3.63) is 23.5 Å². The molecule has 0 heterocycles. The van der Waals surface area contributed by atoms with E-state index in [9.17, 15) is 9.50 Å². The number of rotatable bonds is 4. The highest BCUT2D eigenvalue weighted by atomic mass is 19.1. The van der Waals surface area contributed by atoms with Crippen molar-refractivity contribution < 1.29 is 14.2 Å². The Bertz CT molecular complexity index is 342. The maximum absolute atomic E-state index is 13.6. The third kappa shape index (κ3) is 2.59. The van der Waals surface area contributed by atoms with Gasteiger partial charge >= 0.3 is 0 Å². The van der Waals surface area contributed by atoms with Crippen LogP contribution in [0.3, 0.4) is 0 Å². The van der Waals surface area contributed by atoms with E-state index >= 15 is 0 Å². The zero-order valence-corrected chi connectivity index (χ0v) is 8.96. The number of phenols is 1. The van der Waals surface area contributed by atoms with E-state index in [1.807, 2.05) is 6.92 Å². The SMILES string of the molecule is COc1cc(F)c(C(C)CCN)cc1O. The molecule has 1 aromatic rings. The lowest BCUT2D eigenvalue weighted by atomic mass is 9.97. The summed E-state index contributed by atoms with van der Waals surface area (Å²) in [5.74, 6) is -0.272. The second-order valence-electron chi connectivity index (χ2n) is 3.52. The average Bonchev–Trinajstić information content (AvgIpc) is 2.21. The molecule has 0 aromatic heterocycles. The van der Waals surface area contributed by atoms with Gasteiger partial charge in [-0.15, -0.1) is 0 Å². The van der Waals surface area contributed by atoms with Crippen LogP contribution in [-0.2, 0) is 0 Å². The number of nitrogens with two attached hydrogens (primary N) is 1. The third-order valence-electron chi connectivity index (χ3n) is 2.43. The Morgan fingerprint density at radius 1 is 1.53 bits per heavy atom. The summed E-state index contributed by atoms with van der Waals surface area (Å²) in [7, 11) is 1.39. The molecule has 3 nitrogen and oxygen atoms in total. The van der Waals surface area contributed by atoms with Gasteiger partial charge in [0, 0.05) is 6.07 Å². The molecule has 0 aliphatic rings. The number of benzene rings is 1. The maximum atomic E-state index is 13.6. The Labute approximate surface area is 88.7 Å². The fraction of sp³-hybridized carbons (Fsp3) is 0.455. The molecule has 0 aliphatic carbocycles. The lowest BCUT2D eigenvalue weighted by Crippen LogP contribution is -2.06. The Morgan fingerprint density at radius 2 is 2.20 bits per heavy atom. The number of halogens is 1. The largest absolute Gasteiger partial charge is 0.504 e. The first-order chi connectivity index (χ1) is 7.10. The number of phenolic OH excluding ortho intramolecular Hbond substituents is 1. The highest BCUT2D eigenvalue weighted by Gasteiger charge is 2.14. The smallest absolute Gasteiger partial charge is 0.163 e. The first-order valence-corrected chi connectivity index (χ1v) is 4.86. The molecule has 0 fully saturated rings. The minimum Gasteiger partial charge on any atom is -0.504 e. The summed E-state index contributed by atoms with van der Waals surface area (Å²) in [4.78, 5) is 0. The Kier molecular flexibility index (Phi) is 3.91. The van der Waals surface area contributed by atoms with Crippen LogP contribution < -0.4 is 10.5 Å². The van der Waals surface area contributed by atoms with Gasteiger partial charge in [-0.3, -0.25) is 0 Å². The van der Waals surface area contributed by atoms with Gasteiger partial charge in [-0.2, -0.15) is 0 Å². The molecule has 4 heteroatoms.